The van der Waals surface area contributed by atoms with E-state index in [0.29, 0.717) is 13.1 Å². The molecular weight excluding hydrogens is 340 g/mol. The summed E-state index contributed by atoms with van der Waals surface area (Å²) in [6.45, 7) is 5.84. The van der Waals surface area contributed by atoms with Gasteiger partial charge in [-0.3, -0.25) is 9.69 Å². The lowest BCUT2D eigenvalue weighted by Gasteiger charge is -2.29. The van der Waals surface area contributed by atoms with E-state index in [1.807, 2.05) is 42.5 Å². The van der Waals surface area contributed by atoms with Gasteiger partial charge in [-0.15, -0.1) is 5.10 Å². The van der Waals surface area contributed by atoms with Crippen molar-refractivity contribution in [2.45, 2.75) is 32.9 Å². The minimum atomic E-state index is -0.00599. The normalized spacial score (nSPS) is 16.1. The molecule has 0 spiro atoms. The summed E-state index contributed by atoms with van der Waals surface area (Å²) in [7, 11) is 1.80. The van der Waals surface area contributed by atoms with E-state index in [1.54, 1.807) is 16.6 Å². The fraction of sp³-hybridized carbons (Fsp3) is 0.500. The number of likely N-dealkylation sites (tertiary alicyclic amines) is 1. The van der Waals surface area contributed by atoms with Crippen molar-refractivity contribution in [3.8, 4) is 0 Å². The first-order chi connectivity index (χ1) is 13.1. The fourth-order valence-electron chi connectivity index (χ4n) is 3.14. The summed E-state index contributed by atoms with van der Waals surface area (Å²) in [5.41, 5.74) is 1.12. The molecule has 2 heterocycles. The first kappa shape index (κ1) is 19.2. The molecule has 1 amide bonds. The molecule has 1 aliphatic heterocycles. The number of nitrogens with zero attached hydrogens (tertiary/aromatic N) is 6. The maximum atomic E-state index is 12.5. The summed E-state index contributed by atoms with van der Waals surface area (Å²) in [5.74, 6) is 1.54. The fourth-order valence-corrected chi connectivity index (χ4v) is 3.14. The van der Waals surface area contributed by atoms with Crippen LogP contribution in [-0.4, -0.2) is 62.6 Å². The van der Waals surface area contributed by atoms with Crippen LogP contribution in [0.1, 0.15) is 31.2 Å². The lowest BCUT2D eigenvalue weighted by molar-refractivity contribution is -0.130. The molecular formula is C20H28N6O. The van der Waals surface area contributed by atoms with Gasteiger partial charge < -0.3 is 4.90 Å². The number of amides is 1. The highest BCUT2D eigenvalue weighted by Gasteiger charge is 2.19. The Labute approximate surface area is 160 Å². The molecule has 7 heteroatoms. The zero-order chi connectivity index (χ0) is 19.1. The van der Waals surface area contributed by atoms with Crippen LogP contribution in [0, 0.1) is 5.92 Å². The van der Waals surface area contributed by atoms with E-state index in [1.165, 1.54) is 12.8 Å². The van der Waals surface area contributed by atoms with E-state index in [-0.39, 0.29) is 12.5 Å². The number of piperidine rings is 1. The molecule has 144 valence electrons. The maximum Gasteiger partial charge on any atom is 0.244 e. The minimum Gasteiger partial charge on any atom is -0.340 e. The second kappa shape index (κ2) is 9.41. The molecule has 27 heavy (non-hydrogen) atoms. The maximum absolute atomic E-state index is 12.5. The molecule has 0 atom stereocenters. The van der Waals surface area contributed by atoms with Crippen molar-refractivity contribution in [3.05, 3.63) is 47.8 Å². The zero-order valence-electron chi connectivity index (χ0n) is 16.2. The number of hydrogen-bond acceptors (Lipinski definition) is 5. The average molecular weight is 368 g/mol. The summed E-state index contributed by atoms with van der Waals surface area (Å²) < 4.78 is 1.62. The third-order valence-corrected chi connectivity index (χ3v) is 5.05. The monoisotopic (exact) mass is 368 g/mol. The smallest absolute Gasteiger partial charge is 0.244 e. The van der Waals surface area contributed by atoms with Gasteiger partial charge in [0.2, 0.25) is 5.91 Å². The third kappa shape index (κ3) is 5.72. The molecule has 2 aromatic rings. The Bertz CT molecular complexity index is 749. The predicted molar refractivity (Wildman–Crippen MR) is 105 cm³/mol. The highest BCUT2D eigenvalue weighted by molar-refractivity contribution is 5.75. The molecule has 1 aromatic heterocycles. The Morgan fingerprint density at radius 2 is 2.00 bits per heavy atom. The van der Waals surface area contributed by atoms with Gasteiger partial charge in [0.05, 0.1) is 6.54 Å². The van der Waals surface area contributed by atoms with Crippen LogP contribution in [0.15, 0.2) is 36.4 Å². The molecule has 1 saturated heterocycles. The van der Waals surface area contributed by atoms with Gasteiger partial charge in [-0.2, -0.15) is 0 Å². The summed E-state index contributed by atoms with van der Waals surface area (Å²) >= 11 is 0. The number of likely N-dealkylation sites (N-methyl/N-ethyl adjacent to an activating group) is 1. The standard InChI is InChI=1S/C20H28N6O/c1-17-10-13-25(14-11-17)15-19-21-22-23-26(19)16-20(27)24(2)12-6-9-18-7-4-3-5-8-18/h3-9,17H,10-16H2,1-2H3. The van der Waals surface area contributed by atoms with Gasteiger partial charge in [-0.25, -0.2) is 4.68 Å². The van der Waals surface area contributed by atoms with E-state index in [2.05, 4.69) is 27.3 Å². The lowest BCUT2D eigenvalue weighted by atomic mass is 9.99. The van der Waals surface area contributed by atoms with Crippen molar-refractivity contribution in [1.82, 2.24) is 30.0 Å². The number of benzene rings is 1. The van der Waals surface area contributed by atoms with E-state index in [9.17, 15) is 4.79 Å². The molecule has 1 aliphatic rings. The highest BCUT2D eigenvalue weighted by Crippen LogP contribution is 2.17. The van der Waals surface area contributed by atoms with Crippen LogP contribution in [0.2, 0.25) is 0 Å². The van der Waals surface area contributed by atoms with Gasteiger partial charge in [0.15, 0.2) is 5.82 Å². The molecule has 0 saturated carbocycles. The second-order valence-corrected chi connectivity index (χ2v) is 7.30. The predicted octanol–water partition coefficient (Wildman–Crippen LogP) is 2.08. The van der Waals surface area contributed by atoms with E-state index in [0.717, 1.165) is 30.4 Å². The van der Waals surface area contributed by atoms with Crippen molar-refractivity contribution < 1.29 is 4.79 Å². The summed E-state index contributed by atoms with van der Waals surface area (Å²) in [4.78, 5) is 16.6. The second-order valence-electron chi connectivity index (χ2n) is 7.30. The Balaban J connectivity index is 1.50. The summed E-state index contributed by atoms with van der Waals surface area (Å²) in [5, 5.41) is 11.9. The Morgan fingerprint density at radius 3 is 2.74 bits per heavy atom. The Morgan fingerprint density at radius 1 is 1.26 bits per heavy atom. The summed E-state index contributed by atoms with van der Waals surface area (Å²) in [6, 6.07) is 10.1. The molecule has 0 aliphatic carbocycles. The number of tetrazole rings is 1. The van der Waals surface area contributed by atoms with Gasteiger partial charge in [-0.1, -0.05) is 49.4 Å². The van der Waals surface area contributed by atoms with Crippen molar-refractivity contribution in [2.24, 2.45) is 5.92 Å². The van der Waals surface area contributed by atoms with E-state index < -0.39 is 0 Å². The Hall–Kier alpha value is -2.54. The first-order valence-electron chi connectivity index (χ1n) is 9.55. The van der Waals surface area contributed by atoms with Crippen LogP contribution in [-0.2, 0) is 17.9 Å². The van der Waals surface area contributed by atoms with Crippen LogP contribution in [0.4, 0.5) is 0 Å². The molecule has 3 rings (SSSR count). The van der Waals surface area contributed by atoms with Gasteiger partial charge in [0.1, 0.15) is 6.54 Å². The van der Waals surface area contributed by atoms with Crippen molar-refractivity contribution in [3.63, 3.8) is 0 Å². The number of carbonyl (C=O) groups is 1. The van der Waals surface area contributed by atoms with E-state index >= 15 is 0 Å². The molecule has 1 fully saturated rings. The summed E-state index contributed by atoms with van der Waals surface area (Å²) in [6.07, 6.45) is 6.42. The first-order valence-corrected chi connectivity index (χ1v) is 9.55. The van der Waals surface area contributed by atoms with Gasteiger partial charge in [0.25, 0.3) is 0 Å². The number of aromatic nitrogens is 4. The number of carbonyl (C=O) groups excluding carboxylic acids is 1. The lowest BCUT2D eigenvalue weighted by Crippen LogP contribution is -2.35. The van der Waals surface area contributed by atoms with Crippen LogP contribution in [0.25, 0.3) is 6.08 Å². The number of rotatable bonds is 7. The minimum absolute atomic E-state index is 0.00599. The Kier molecular flexibility index (Phi) is 6.70. The molecule has 0 N–H and O–H groups in total. The largest absolute Gasteiger partial charge is 0.340 e. The SMILES string of the molecule is CC1CCN(Cc2nnnn2CC(=O)N(C)CC=Cc2ccccc2)CC1. The molecule has 0 unspecified atom stereocenters. The van der Waals surface area contributed by atoms with Crippen LogP contribution < -0.4 is 0 Å². The topological polar surface area (TPSA) is 67.2 Å². The molecule has 1 aromatic carbocycles. The zero-order valence-corrected chi connectivity index (χ0v) is 16.2. The van der Waals surface area contributed by atoms with Crippen LogP contribution in [0.3, 0.4) is 0 Å². The average Bonchev–Trinajstić information content (AvgIpc) is 3.11. The molecule has 0 bridgehead atoms. The van der Waals surface area contributed by atoms with E-state index in [4.69, 9.17) is 0 Å². The van der Waals surface area contributed by atoms with Crippen molar-refractivity contribution in [1.29, 1.82) is 0 Å². The van der Waals surface area contributed by atoms with Gasteiger partial charge >= 0.3 is 0 Å². The highest BCUT2D eigenvalue weighted by atomic mass is 16.2. The molecule has 0 radical (unpaired) electrons. The van der Waals surface area contributed by atoms with Gasteiger partial charge in [-0.05, 0) is 47.8 Å². The van der Waals surface area contributed by atoms with Crippen molar-refractivity contribution in [2.75, 3.05) is 26.7 Å². The van der Waals surface area contributed by atoms with Crippen molar-refractivity contribution >= 4 is 12.0 Å². The number of hydrogen-bond donors (Lipinski definition) is 0. The molecule has 7 nitrogen and oxygen atoms in total. The van der Waals surface area contributed by atoms with Crippen LogP contribution in [0.5, 0.6) is 0 Å². The van der Waals surface area contributed by atoms with Gasteiger partial charge in [0, 0.05) is 13.6 Å². The quantitative estimate of drug-likeness (QED) is 0.748. The van der Waals surface area contributed by atoms with Crippen LogP contribution >= 0.6 is 0 Å². The third-order valence-electron chi connectivity index (χ3n) is 5.05.